The fraction of sp³-hybridized carbons (Fsp3) is 0.186. The van der Waals surface area contributed by atoms with Crippen molar-refractivity contribution in [3.8, 4) is 78.6 Å². The Morgan fingerprint density at radius 1 is 0.508 bits per heavy atom. The molecule has 0 aliphatic carbocycles. The van der Waals surface area contributed by atoms with Crippen LogP contribution in [-0.4, -0.2) is 4.57 Å². The third-order valence-corrected chi connectivity index (χ3v) is 13.9. The molecule has 1 unspecified atom stereocenters. The molecule has 3 aliphatic rings. The number of fused-ring (bicyclic) bond motifs is 5. The van der Waals surface area contributed by atoms with Crippen molar-refractivity contribution < 1.29 is 13.9 Å². The monoisotopic (exact) mass is 817 g/mol. The van der Waals surface area contributed by atoms with Crippen LogP contribution in [-0.2, 0) is 16.7 Å². The number of para-hydroxylation sites is 2. The second-order valence-corrected chi connectivity index (χ2v) is 20.0. The molecule has 4 heteroatoms. The Labute approximate surface area is 370 Å². The minimum absolute atomic E-state index is 0.0384. The standard InChI is InChI=1S/C59H51N3O/c1-36-21-23-38(24-22-36)41-29-30-60-51(32-41)49-34-43(58(6,7)8)33-48-44-18-14-19-50-55(44)62-56(45-17-12-13-20-53(45)63-59(60,62)54(48)49)61(50)52-31-37(2)46(39-15-10-9-11-16-39)35-47(52)40-25-27-42(28-26-40)57(3,4)5/h9-35H,1-8H3/q+2. The molecular weight excluding hydrogens is 767 g/mol. The maximum Gasteiger partial charge on any atom is 0.499 e. The molecule has 306 valence electrons. The first-order valence-corrected chi connectivity index (χ1v) is 22.3. The summed E-state index contributed by atoms with van der Waals surface area (Å²) < 4.78 is 15.2. The third kappa shape index (κ3) is 5.34. The third-order valence-electron chi connectivity index (χ3n) is 13.9. The van der Waals surface area contributed by atoms with E-state index in [9.17, 15) is 0 Å². The van der Waals surface area contributed by atoms with E-state index in [-0.39, 0.29) is 10.8 Å². The summed E-state index contributed by atoms with van der Waals surface area (Å²) in [7, 11) is 0. The first-order chi connectivity index (χ1) is 30.3. The van der Waals surface area contributed by atoms with Crippen LogP contribution in [0, 0.1) is 13.8 Å². The van der Waals surface area contributed by atoms with Crippen LogP contribution in [0.15, 0.2) is 164 Å². The molecule has 0 amide bonds. The molecule has 0 saturated carbocycles. The van der Waals surface area contributed by atoms with Gasteiger partial charge in [-0.15, -0.1) is 9.13 Å². The molecule has 0 fully saturated rings. The minimum atomic E-state index is -1.03. The largest absolute Gasteiger partial charge is 0.499 e. The second kappa shape index (κ2) is 13.0. The van der Waals surface area contributed by atoms with Crippen molar-refractivity contribution in [1.29, 1.82) is 0 Å². The number of benzene rings is 7. The molecule has 0 radical (unpaired) electrons. The number of aryl methyl sites for hydroxylation is 2. The molecule has 12 rings (SSSR count). The lowest BCUT2D eigenvalue weighted by atomic mass is 9.80. The Hall–Kier alpha value is -7.04. The highest BCUT2D eigenvalue weighted by Crippen LogP contribution is 2.54. The predicted octanol–water partition coefficient (Wildman–Crippen LogP) is 13.6. The molecule has 0 N–H and O–H groups in total. The molecule has 4 nitrogen and oxygen atoms in total. The molecule has 0 bridgehead atoms. The number of hydrogen-bond donors (Lipinski definition) is 0. The van der Waals surface area contributed by atoms with Gasteiger partial charge in [-0.1, -0.05) is 144 Å². The predicted molar refractivity (Wildman–Crippen MR) is 256 cm³/mol. The molecule has 9 aromatic rings. The maximum absolute atomic E-state index is 7.71. The van der Waals surface area contributed by atoms with Crippen LogP contribution in [0.5, 0.6) is 5.75 Å². The van der Waals surface area contributed by atoms with Gasteiger partial charge in [-0.3, -0.25) is 0 Å². The van der Waals surface area contributed by atoms with Gasteiger partial charge in [0.15, 0.2) is 17.2 Å². The summed E-state index contributed by atoms with van der Waals surface area (Å²) in [4.78, 5) is 0. The highest BCUT2D eigenvalue weighted by Gasteiger charge is 2.68. The molecule has 5 heterocycles. The molecule has 2 aromatic heterocycles. The minimum Gasteiger partial charge on any atom is -0.392 e. The fourth-order valence-corrected chi connectivity index (χ4v) is 10.6. The number of ether oxygens (including phenoxy) is 1. The van der Waals surface area contributed by atoms with E-state index in [1.54, 1.807) is 0 Å². The van der Waals surface area contributed by atoms with Gasteiger partial charge >= 0.3 is 11.7 Å². The first kappa shape index (κ1) is 37.7. The Balaban J connectivity index is 1.23. The average Bonchev–Trinajstić information content (AvgIpc) is 3.77. The lowest BCUT2D eigenvalue weighted by Crippen LogP contribution is -2.78. The van der Waals surface area contributed by atoms with Gasteiger partial charge in [0.2, 0.25) is 5.69 Å². The van der Waals surface area contributed by atoms with Crippen molar-refractivity contribution in [2.45, 2.75) is 72.1 Å². The number of rotatable bonds is 4. The van der Waals surface area contributed by atoms with Gasteiger partial charge in [0, 0.05) is 28.8 Å². The van der Waals surface area contributed by atoms with Crippen molar-refractivity contribution in [1.82, 2.24) is 4.57 Å². The zero-order chi connectivity index (χ0) is 43.2. The zero-order valence-corrected chi connectivity index (χ0v) is 37.3. The van der Waals surface area contributed by atoms with Gasteiger partial charge in [0.1, 0.15) is 22.6 Å². The van der Waals surface area contributed by atoms with Gasteiger partial charge < -0.3 is 4.74 Å². The van der Waals surface area contributed by atoms with Gasteiger partial charge in [-0.25, -0.2) is 0 Å². The number of hydrogen-bond acceptors (Lipinski definition) is 1. The lowest BCUT2D eigenvalue weighted by Gasteiger charge is -2.33. The van der Waals surface area contributed by atoms with Crippen molar-refractivity contribution >= 4 is 11.0 Å². The summed E-state index contributed by atoms with van der Waals surface area (Å²) in [6, 6.07) is 58.9. The van der Waals surface area contributed by atoms with Gasteiger partial charge in [-0.2, -0.15) is 4.57 Å². The second-order valence-electron chi connectivity index (χ2n) is 20.0. The normalized spacial score (nSPS) is 15.5. The van der Waals surface area contributed by atoms with Crippen LogP contribution in [0.1, 0.15) is 69.4 Å². The summed E-state index contributed by atoms with van der Waals surface area (Å²) in [5.74, 6) is 0.925. The maximum atomic E-state index is 7.71. The lowest BCUT2D eigenvalue weighted by molar-refractivity contribution is -0.997. The molecule has 1 spiro atoms. The summed E-state index contributed by atoms with van der Waals surface area (Å²) >= 11 is 0. The Bertz CT molecular complexity index is 3380. The average molecular weight is 818 g/mol. The summed E-state index contributed by atoms with van der Waals surface area (Å²) in [5.41, 5.74) is 22.7. The van der Waals surface area contributed by atoms with Crippen LogP contribution in [0.4, 0.5) is 0 Å². The van der Waals surface area contributed by atoms with Crippen LogP contribution < -0.4 is 13.9 Å². The van der Waals surface area contributed by atoms with E-state index < -0.39 is 5.85 Å². The highest BCUT2D eigenvalue weighted by molar-refractivity contribution is 5.99. The fourth-order valence-electron chi connectivity index (χ4n) is 10.6. The SMILES string of the molecule is Cc1ccc(-c2cc[n+]3c(c2)-c2cc(C(C)(C)C)cc4c2C32Oc3ccccc3-c3n(-c5cc(C)c(-c6ccccc6)cc5-c5ccc(C(C)(C)C)cc5)c5cccc-4c5[n+]32)cc1. The van der Waals surface area contributed by atoms with Crippen LogP contribution in [0.25, 0.3) is 83.9 Å². The number of aromatic nitrogens is 3. The topological polar surface area (TPSA) is 21.9 Å². The zero-order valence-electron chi connectivity index (χ0n) is 37.3. The van der Waals surface area contributed by atoms with Crippen molar-refractivity contribution in [2.75, 3.05) is 0 Å². The number of pyridine rings is 1. The molecule has 0 saturated heterocycles. The van der Waals surface area contributed by atoms with Crippen molar-refractivity contribution in [2.24, 2.45) is 0 Å². The molecule has 63 heavy (non-hydrogen) atoms. The Kier molecular flexibility index (Phi) is 7.78. The van der Waals surface area contributed by atoms with E-state index in [2.05, 4.69) is 233 Å². The van der Waals surface area contributed by atoms with E-state index in [0.717, 1.165) is 39.6 Å². The van der Waals surface area contributed by atoms with Gasteiger partial charge in [-0.05, 0) is 118 Å². The van der Waals surface area contributed by atoms with Crippen LogP contribution in [0.2, 0.25) is 0 Å². The number of nitrogens with zero attached hydrogens (tertiary/aromatic N) is 3. The molecule has 7 aromatic carbocycles. The van der Waals surface area contributed by atoms with E-state index in [4.69, 9.17) is 4.74 Å². The van der Waals surface area contributed by atoms with Crippen LogP contribution in [0.3, 0.4) is 0 Å². The van der Waals surface area contributed by atoms with Crippen LogP contribution >= 0.6 is 0 Å². The van der Waals surface area contributed by atoms with E-state index in [0.29, 0.717) is 0 Å². The first-order valence-electron chi connectivity index (χ1n) is 22.3. The number of imidazole rings is 1. The Morgan fingerprint density at radius 3 is 1.92 bits per heavy atom. The van der Waals surface area contributed by atoms with E-state index in [1.165, 1.54) is 77.9 Å². The summed E-state index contributed by atoms with van der Waals surface area (Å²) in [5, 5.41) is 0. The molecule has 3 aliphatic heterocycles. The summed E-state index contributed by atoms with van der Waals surface area (Å²) in [6.07, 6.45) is 2.27. The Morgan fingerprint density at radius 2 is 1.17 bits per heavy atom. The van der Waals surface area contributed by atoms with Crippen molar-refractivity contribution in [3.05, 3.63) is 192 Å². The van der Waals surface area contributed by atoms with Crippen molar-refractivity contribution in [3.63, 3.8) is 0 Å². The quantitative estimate of drug-likeness (QED) is 0.162. The summed E-state index contributed by atoms with van der Waals surface area (Å²) in [6.45, 7) is 18.2. The van der Waals surface area contributed by atoms with Gasteiger partial charge in [0.25, 0.3) is 0 Å². The molecule has 1 atom stereocenters. The van der Waals surface area contributed by atoms with E-state index in [1.807, 2.05) is 0 Å². The molecular formula is C59H51N3O+2. The van der Waals surface area contributed by atoms with Gasteiger partial charge in [0.05, 0.1) is 5.56 Å². The smallest absolute Gasteiger partial charge is 0.392 e. The van der Waals surface area contributed by atoms with E-state index >= 15 is 0 Å². The highest BCUT2D eigenvalue weighted by atomic mass is 16.5.